The highest BCUT2D eigenvalue weighted by Crippen LogP contribution is 2.43. The minimum atomic E-state index is -4.39. The standard InChI is InChI=1S/C81H154NO8P/c1-3-5-7-9-11-13-15-17-19-21-23-25-27-29-31-33-35-36-37-38-39-40-41-42-44-45-47-49-51-53-55-57-59-61-63-65-67-69-71-73-80(83)87-77-79(78-89-91(85,86)88-76-75-82)90-81(84)74-72-70-68-66-64-62-60-58-56-54-52-50-48-46-43-34-32-30-28-26-24-22-20-18-16-14-12-10-8-6-4-2/h16,18,21-24,28,30,79H,3-15,17,19-20,25-27,29,31-78,82H2,1-2H3,(H,85,86)/b18-16-,23-21-,24-22-,30-28-. The van der Waals surface area contributed by atoms with Gasteiger partial charge in [0.25, 0.3) is 0 Å². The van der Waals surface area contributed by atoms with Gasteiger partial charge in [0.1, 0.15) is 6.61 Å². The number of unbranched alkanes of at least 4 members (excludes halogenated alkanes) is 56. The van der Waals surface area contributed by atoms with Crippen molar-refractivity contribution in [2.45, 2.75) is 431 Å². The zero-order valence-corrected chi connectivity index (χ0v) is 61.5. The molecule has 2 unspecified atom stereocenters. The van der Waals surface area contributed by atoms with Gasteiger partial charge in [0.05, 0.1) is 13.2 Å². The summed E-state index contributed by atoms with van der Waals surface area (Å²) in [6.45, 7) is 3.81. The molecule has 0 saturated heterocycles. The molecule has 0 aliphatic heterocycles. The van der Waals surface area contributed by atoms with Gasteiger partial charge in [0.15, 0.2) is 6.10 Å². The Morgan fingerprint density at radius 3 is 0.857 bits per heavy atom. The van der Waals surface area contributed by atoms with E-state index in [-0.39, 0.29) is 38.6 Å². The van der Waals surface area contributed by atoms with Gasteiger partial charge in [-0.05, 0) is 77.0 Å². The van der Waals surface area contributed by atoms with Crippen molar-refractivity contribution < 1.29 is 37.6 Å². The van der Waals surface area contributed by atoms with Crippen molar-refractivity contribution in [2.24, 2.45) is 5.73 Å². The van der Waals surface area contributed by atoms with Gasteiger partial charge in [-0.2, -0.15) is 0 Å². The summed E-state index contributed by atoms with van der Waals surface area (Å²) in [5.74, 6) is -0.805. The summed E-state index contributed by atoms with van der Waals surface area (Å²) in [6, 6.07) is 0. The van der Waals surface area contributed by atoms with Crippen LogP contribution in [0.3, 0.4) is 0 Å². The Morgan fingerprint density at radius 1 is 0.330 bits per heavy atom. The van der Waals surface area contributed by atoms with Gasteiger partial charge in [0, 0.05) is 19.4 Å². The number of esters is 2. The lowest BCUT2D eigenvalue weighted by atomic mass is 10.0. The molecule has 2 atom stereocenters. The molecule has 0 aromatic rings. The van der Waals surface area contributed by atoms with Gasteiger partial charge in [0.2, 0.25) is 0 Å². The molecule has 0 aromatic carbocycles. The Labute approximate surface area is 566 Å². The molecule has 0 radical (unpaired) electrons. The SMILES string of the molecule is CCCCCCC/C=C\C/C=C\C/C=C\CCCCCCCCCCCCCCCCCCC(=O)OC(COC(=O)CCCCCCCCCCCCCCCCCCCCCCCCCCCCC/C=C\CCCCCCCCCC)COP(=O)(O)OCCN. The van der Waals surface area contributed by atoms with Crippen LogP contribution in [0.25, 0.3) is 0 Å². The number of allylic oxidation sites excluding steroid dienone is 8. The Hall–Kier alpha value is -2.03. The number of phosphoric acid groups is 1. The lowest BCUT2D eigenvalue weighted by molar-refractivity contribution is -0.161. The van der Waals surface area contributed by atoms with Crippen molar-refractivity contribution in [1.29, 1.82) is 0 Å². The molecule has 0 saturated carbocycles. The Bertz CT molecular complexity index is 1630. The topological polar surface area (TPSA) is 134 Å². The molecule has 9 nitrogen and oxygen atoms in total. The molecule has 536 valence electrons. The maximum atomic E-state index is 12.8. The maximum absolute atomic E-state index is 12.8. The van der Waals surface area contributed by atoms with Crippen molar-refractivity contribution in [3.63, 3.8) is 0 Å². The first-order valence-corrected chi connectivity index (χ1v) is 41.6. The second kappa shape index (κ2) is 77.0. The lowest BCUT2D eigenvalue weighted by Crippen LogP contribution is -2.29. The third-order valence-electron chi connectivity index (χ3n) is 18.2. The van der Waals surface area contributed by atoms with Crippen molar-refractivity contribution in [3.05, 3.63) is 48.6 Å². The van der Waals surface area contributed by atoms with E-state index < -0.39 is 26.5 Å². The smallest absolute Gasteiger partial charge is 0.462 e. The minimum Gasteiger partial charge on any atom is -0.462 e. The van der Waals surface area contributed by atoms with E-state index >= 15 is 0 Å². The van der Waals surface area contributed by atoms with Crippen molar-refractivity contribution in [1.82, 2.24) is 0 Å². The van der Waals surface area contributed by atoms with Crippen LogP contribution >= 0.6 is 7.82 Å². The summed E-state index contributed by atoms with van der Waals surface area (Å²) in [7, 11) is -4.39. The molecular weight excluding hydrogens is 1150 g/mol. The summed E-state index contributed by atoms with van der Waals surface area (Å²) in [5, 5.41) is 0. The second-order valence-electron chi connectivity index (χ2n) is 27.3. The number of phosphoric ester groups is 1. The summed E-state index contributed by atoms with van der Waals surface area (Å²) in [5.41, 5.74) is 5.41. The fourth-order valence-electron chi connectivity index (χ4n) is 12.2. The first kappa shape index (κ1) is 89.0. The Balaban J connectivity index is 3.75. The Morgan fingerprint density at radius 2 is 0.571 bits per heavy atom. The van der Waals surface area contributed by atoms with E-state index in [1.165, 1.54) is 347 Å². The summed E-state index contributed by atoms with van der Waals surface area (Å²) in [4.78, 5) is 35.4. The van der Waals surface area contributed by atoms with Gasteiger partial charge in [-0.1, -0.05) is 383 Å². The molecule has 0 aliphatic carbocycles. The highest BCUT2D eigenvalue weighted by Gasteiger charge is 2.26. The summed E-state index contributed by atoms with van der Waals surface area (Å²) >= 11 is 0. The number of hydrogen-bond donors (Lipinski definition) is 2. The van der Waals surface area contributed by atoms with Crippen LogP contribution in [0.5, 0.6) is 0 Å². The van der Waals surface area contributed by atoms with Gasteiger partial charge in [-0.3, -0.25) is 18.6 Å². The molecule has 10 heteroatoms. The van der Waals surface area contributed by atoms with E-state index in [1.54, 1.807) is 0 Å². The molecular formula is C81H154NO8P. The van der Waals surface area contributed by atoms with Gasteiger partial charge in [-0.15, -0.1) is 0 Å². The fraction of sp³-hybridized carbons (Fsp3) is 0.877. The summed E-state index contributed by atoms with van der Waals surface area (Å²) < 4.78 is 33.3. The number of ether oxygens (including phenoxy) is 2. The molecule has 91 heavy (non-hydrogen) atoms. The van der Waals surface area contributed by atoms with Crippen molar-refractivity contribution in [3.8, 4) is 0 Å². The molecule has 0 aromatic heterocycles. The van der Waals surface area contributed by atoms with E-state index in [0.717, 1.165) is 44.9 Å². The average molecular weight is 1300 g/mol. The highest BCUT2D eigenvalue weighted by atomic mass is 31.2. The molecule has 0 rings (SSSR count). The third-order valence-corrected chi connectivity index (χ3v) is 19.2. The van der Waals surface area contributed by atoms with Crippen molar-refractivity contribution in [2.75, 3.05) is 26.4 Å². The quantitative estimate of drug-likeness (QED) is 0.0264. The minimum absolute atomic E-state index is 0.0553. The van der Waals surface area contributed by atoms with Crippen LogP contribution in [0.15, 0.2) is 48.6 Å². The second-order valence-corrected chi connectivity index (χ2v) is 28.7. The molecule has 0 aliphatic rings. The van der Waals surface area contributed by atoms with E-state index in [0.29, 0.717) is 6.42 Å². The van der Waals surface area contributed by atoms with Gasteiger partial charge < -0.3 is 20.1 Å². The predicted molar refractivity (Wildman–Crippen MR) is 395 cm³/mol. The summed E-state index contributed by atoms with van der Waals surface area (Å²) in [6.07, 6.45) is 99.7. The van der Waals surface area contributed by atoms with Crippen LogP contribution in [-0.4, -0.2) is 49.3 Å². The highest BCUT2D eigenvalue weighted by molar-refractivity contribution is 7.47. The molecule has 3 N–H and O–H groups in total. The van der Waals surface area contributed by atoms with Crippen LogP contribution in [-0.2, 0) is 32.7 Å². The number of nitrogens with two attached hydrogens (primary N) is 1. The fourth-order valence-corrected chi connectivity index (χ4v) is 13.0. The first-order chi connectivity index (χ1) is 44.8. The Kier molecular flexibility index (Phi) is 75.3. The number of carbonyl (C=O) groups excluding carboxylic acids is 2. The third kappa shape index (κ3) is 76.9. The van der Waals surface area contributed by atoms with E-state index in [1.807, 2.05) is 0 Å². The van der Waals surface area contributed by atoms with Crippen molar-refractivity contribution >= 4 is 19.8 Å². The van der Waals surface area contributed by atoms with Crippen LogP contribution in [0.4, 0.5) is 0 Å². The van der Waals surface area contributed by atoms with Crippen LogP contribution in [0.2, 0.25) is 0 Å². The maximum Gasteiger partial charge on any atom is 0.472 e. The molecule has 0 spiro atoms. The number of hydrogen-bond acceptors (Lipinski definition) is 8. The monoisotopic (exact) mass is 1300 g/mol. The van der Waals surface area contributed by atoms with Crippen LogP contribution in [0, 0.1) is 0 Å². The van der Waals surface area contributed by atoms with E-state index in [9.17, 15) is 19.0 Å². The van der Waals surface area contributed by atoms with Crippen LogP contribution < -0.4 is 5.73 Å². The van der Waals surface area contributed by atoms with Crippen LogP contribution in [0.1, 0.15) is 425 Å². The zero-order valence-electron chi connectivity index (χ0n) is 60.6. The molecule has 0 heterocycles. The number of carbonyl (C=O) groups is 2. The largest absolute Gasteiger partial charge is 0.472 e. The van der Waals surface area contributed by atoms with E-state index in [4.69, 9.17) is 24.3 Å². The van der Waals surface area contributed by atoms with Gasteiger partial charge in [-0.25, -0.2) is 4.57 Å². The lowest BCUT2D eigenvalue weighted by Gasteiger charge is -2.19. The zero-order chi connectivity index (χ0) is 65.8. The van der Waals surface area contributed by atoms with Gasteiger partial charge >= 0.3 is 19.8 Å². The normalized spacial score (nSPS) is 13.1. The number of rotatable bonds is 77. The first-order valence-electron chi connectivity index (χ1n) is 40.1. The van der Waals surface area contributed by atoms with E-state index in [2.05, 4.69) is 62.5 Å². The molecule has 0 bridgehead atoms. The molecule has 0 fully saturated rings. The average Bonchev–Trinajstić information content (AvgIpc) is 3.71. The predicted octanol–water partition coefficient (Wildman–Crippen LogP) is 26.8. The molecule has 0 amide bonds.